The summed E-state index contributed by atoms with van der Waals surface area (Å²) in [4.78, 5) is 1.26. The molecule has 1 saturated heterocycles. The Morgan fingerprint density at radius 2 is 1.67 bits per heavy atom. The van der Waals surface area contributed by atoms with Crippen molar-refractivity contribution in [2.45, 2.75) is 18.6 Å². The summed E-state index contributed by atoms with van der Waals surface area (Å²) in [7, 11) is 0. The topological polar surface area (TPSA) is 35.5 Å². The van der Waals surface area contributed by atoms with Crippen LogP contribution in [0.1, 0.15) is 17.2 Å². The molecule has 2 rings (SSSR count). The van der Waals surface area contributed by atoms with Gasteiger partial charge in [-0.15, -0.1) is 24.8 Å². The highest BCUT2D eigenvalue weighted by Crippen LogP contribution is 2.45. The van der Waals surface area contributed by atoms with E-state index in [1.165, 1.54) is 4.90 Å². The van der Waals surface area contributed by atoms with E-state index in [-0.39, 0.29) is 42.4 Å². The van der Waals surface area contributed by atoms with E-state index in [1.54, 1.807) is 0 Å². The lowest BCUT2D eigenvalue weighted by atomic mass is 9.97. The predicted octanol–water partition coefficient (Wildman–Crippen LogP) is 4.23. The maximum Gasteiger partial charge on any atom is 0.416 e. The number of halogens is 8. The van der Waals surface area contributed by atoms with Gasteiger partial charge < -0.3 is 10.4 Å². The summed E-state index contributed by atoms with van der Waals surface area (Å²) >= 11 is 2.90. The number of benzene rings is 1. The summed E-state index contributed by atoms with van der Waals surface area (Å²) in [6, 6.07) is -0.102. The van der Waals surface area contributed by atoms with Gasteiger partial charge in [0.2, 0.25) is 0 Å². The van der Waals surface area contributed by atoms with Crippen molar-refractivity contribution in [1.82, 2.24) is 10.2 Å². The molecule has 0 aliphatic carbocycles. The molecule has 1 aliphatic heterocycles. The van der Waals surface area contributed by atoms with Crippen LogP contribution < -0.4 is 5.32 Å². The molecule has 140 valence electrons. The Balaban J connectivity index is 0.00000264. The molecule has 11 heteroatoms. The van der Waals surface area contributed by atoms with Crippen molar-refractivity contribution in [3.63, 3.8) is 0 Å². The summed E-state index contributed by atoms with van der Waals surface area (Å²) in [5.41, 5.74) is -2.02. The van der Waals surface area contributed by atoms with Gasteiger partial charge in [-0.2, -0.15) is 13.2 Å². The molecule has 0 amide bonds. The number of rotatable bonds is 3. The van der Waals surface area contributed by atoms with Crippen LogP contribution in [-0.2, 0) is 6.18 Å². The second-order valence-electron chi connectivity index (χ2n) is 4.92. The van der Waals surface area contributed by atoms with Crippen LogP contribution in [0.25, 0.3) is 0 Å². The maximum atomic E-state index is 13.5. The molecule has 1 atom stereocenters. The summed E-state index contributed by atoms with van der Waals surface area (Å²) in [5, 5.41) is 12.9. The lowest BCUT2D eigenvalue weighted by molar-refractivity contribution is -0.139. The standard InChI is InChI=1S/C13H14BrF5N2O.2ClH/c14-8-2-1-7(13(17,18)19)9(11(8)22)10(12(15)16)21-5-3-20-4-6-21;;/h1-2,10,12,20,22H,3-6H2;2*1H/t10-;;/m1../s1. The van der Waals surface area contributed by atoms with E-state index in [9.17, 15) is 27.1 Å². The quantitative estimate of drug-likeness (QED) is 0.661. The van der Waals surface area contributed by atoms with Crippen molar-refractivity contribution < 1.29 is 27.1 Å². The Labute approximate surface area is 156 Å². The fourth-order valence-corrected chi connectivity index (χ4v) is 2.90. The van der Waals surface area contributed by atoms with Crippen molar-refractivity contribution >= 4 is 40.7 Å². The molecule has 3 nitrogen and oxygen atoms in total. The van der Waals surface area contributed by atoms with Gasteiger partial charge in [0.15, 0.2) is 0 Å². The Morgan fingerprint density at radius 1 is 1.12 bits per heavy atom. The number of alkyl halides is 5. The van der Waals surface area contributed by atoms with E-state index in [0.29, 0.717) is 19.2 Å². The largest absolute Gasteiger partial charge is 0.506 e. The third-order valence-electron chi connectivity index (χ3n) is 3.55. The molecule has 0 bridgehead atoms. The molecule has 0 aromatic heterocycles. The molecular weight excluding hydrogens is 446 g/mol. The van der Waals surface area contributed by atoms with Crippen molar-refractivity contribution in [3.8, 4) is 5.75 Å². The van der Waals surface area contributed by atoms with Crippen LogP contribution in [0.15, 0.2) is 16.6 Å². The van der Waals surface area contributed by atoms with E-state index >= 15 is 0 Å². The highest BCUT2D eigenvalue weighted by Gasteiger charge is 2.42. The van der Waals surface area contributed by atoms with Crippen LogP contribution in [0.2, 0.25) is 0 Å². The summed E-state index contributed by atoms with van der Waals surface area (Å²) < 4.78 is 66.4. The van der Waals surface area contributed by atoms with Gasteiger partial charge in [0.25, 0.3) is 6.43 Å². The summed E-state index contributed by atoms with van der Waals surface area (Å²) in [6.07, 6.45) is -7.88. The van der Waals surface area contributed by atoms with Gasteiger partial charge >= 0.3 is 6.18 Å². The summed E-state index contributed by atoms with van der Waals surface area (Å²) in [5.74, 6) is -0.793. The summed E-state index contributed by atoms with van der Waals surface area (Å²) in [6.45, 7) is 1.16. The number of phenolic OH excluding ortho intramolecular Hbond substituents is 1. The Kier molecular flexibility index (Phi) is 9.24. The Bertz CT molecular complexity index is 542. The molecule has 0 spiro atoms. The van der Waals surface area contributed by atoms with Crippen LogP contribution in [0.4, 0.5) is 22.0 Å². The first-order chi connectivity index (χ1) is 10.2. The first kappa shape index (κ1) is 23.6. The minimum absolute atomic E-state index is 0. The molecule has 0 saturated carbocycles. The van der Waals surface area contributed by atoms with Crippen LogP contribution in [0.3, 0.4) is 0 Å². The zero-order valence-corrected chi connectivity index (χ0v) is 15.3. The molecule has 1 aliphatic rings. The number of hydrogen-bond acceptors (Lipinski definition) is 3. The number of piperazine rings is 1. The van der Waals surface area contributed by atoms with Gasteiger partial charge in [0, 0.05) is 31.7 Å². The fraction of sp³-hybridized carbons (Fsp3) is 0.538. The van der Waals surface area contributed by atoms with E-state index in [1.807, 2.05) is 0 Å². The van der Waals surface area contributed by atoms with Gasteiger partial charge in [-0.1, -0.05) is 0 Å². The molecule has 0 radical (unpaired) electrons. The van der Waals surface area contributed by atoms with Crippen LogP contribution >= 0.6 is 40.7 Å². The fourth-order valence-electron chi connectivity index (χ4n) is 2.56. The van der Waals surface area contributed by atoms with Crippen molar-refractivity contribution in [2.24, 2.45) is 0 Å². The third kappa shape index (κ3) is 5.08. The van der Waals surface area contributed by atoms with E-state index in [2.05, 4.69) is 21.2 Å². The van der Waals surface area contributed by atoms with Crippen molar-refractivity contribution in [2.75, 3.05) is 26.2 Å². The zero-order valence-electron chi connectivity index (χ0n) is 12.1. The third-order valence-corrected chi connectivity index (χ3v) is 4.19. The van der Waals surface area contributed by atoms with Crippen LogP contribution in [0, 0.1) is 0 Å². The van der Waals surface area contributed by atoms with Gasteiger partial charge in [-0.3, -0.25) is 4.90 Å². The highest BCUT2D eigenvalue weighted by atomic mass is 79.9. The molecular formula is C13H16BrCl2F5N2O. The Morgan fingerprint density at radius 3 is 2.12 bits per heavy atom. The second kappa shape index (κ2) is 9.38. The lowest BCUT2D eigenvalue weighted by Gasteiger charge is -2.36. The molecule has 1 aromatic rings. The average Bonchev–Trinajstić information content (AvgIpc) is 2.43. The van der Waals surface area contributed by atoms with E-state index < -0.39 is 35.5 Å². The van der Waals surface area contributed by atoms with Gasteiger partial charge in [0.1, 0.15) is 11.8 Å². The molecule has 1 aromatic carbocycles. The minimum Gasteiger partial charge on any atom is -0.506 e. The van der Waals surface area contributed by atoms with Gasteiger partial charge in [-0.25, -0.2) is 8.78 Å². The van der Waals surface area contributed by atoms with Crippen molar-refractivity contribution in [3.05, 3.63) is 27.7 Å². The maximum absolute atomic E-state index is 13.5. The number of nitrogens with zero attached hydrogens (tertiary/aromatic N) is 1. The number of phenols is 1. The predicted molar refractivity (Wildman–Crippen MR) is 88.5 cm³/mol. The van der Waals surface area contributed by atoms with E-state index in [4.69, 9.17) is 0 Å². The molecule has 1 fully saturated rings. The molecule has 24 heavy (non-hydrogen) atoms. The lowest BCUT2D eigenvalue weighted by Crippen LogP contribution is -2.47. The smallest absolute Gasteiger partial charge is 0.416 e. The number of nitrogens with one attached hydrogen (secondary N) is 1. The number of hydrogen-bond donors (Lipinski definition) is 2. The minimum atomic E-state index is -4.82. The highest BCUT2D eigenvalue weighted by molar-refractivity contribution is 9.10. The molecule has 0 unspecified atom stereocenters. The number of aromatic hydroxyl groups is 1. The van der Waals surface area contributed by atoms with E-state index in [0.717, 1.165) is 6.07 Å². The average molecular weight is 462 g/mol. The van der Waals surface area contributed by atoms with Gasteiger partial charge in [-0.05, 0) is 28.1 Å². The Hall–Kier alpha value is -0.350. The van der Waals surface area contributed by atoms with Gasteiger partial charge in [0.05, 0.1) is 10.0 Å². The first-order valence-electron chi connectivity index (χ1n) is 6.55. The van der Waals surface area contributed by atoms with Crippen molar-refractivity contribution in [1.29, 1.82) is 0 Å². The van der Waals surface area contributed by atoms with Crippen LogP contribution in [0.5, 0.6) is 5.75 Å². The van der Waals surface area contributed by atoms with Crippen LogP contribution in [-0.4, -0.2) is 42.6 Å². The monoisotopic (exact) mass is 460 g/mol. The second-order valence-corrected chi connectivity index (χ2v) is 5.77. The molecule has 2 N–H and O–H groups in total. The molecule has 1 heterocycles. The SMILES string of the molecule is Cl.Cl.Oc1c(Br)ccc(C(F)(F)F)c1[C@H](C(F)F)N1CCNCC1. The first-order valence-corrected chi connectivity index (χ1v) is 7.34. The zero-order chi connectivity index (χ0) is 16.5. The normalized spacial score (nSPS) is 17.1.